The van der Waals surface area contributed by atoms with Gasteiger partial charge >= 0.3 is 11.9 Å². The van der Waals surface area contributed by atoms with Crippen molar-refractivity contribution in [1.82, 2.24) is 4.90 Å². The van der Waals surface area contributed by atoms with E-state index in [4.69, 9.17) is 19.8 Å². The summed E-state index contributed by atoms with van der Waals surface area (Å²) in [7, 11) is 0. The van der Waals surface area contributed by atoms with Crippen molar-refractivity contribution in [2.75, 3.05) is 19.6 Å². The van der Waals surface area contributed by atoms with Gasteiger partial charge in [-0.1, -0.05) is 103 Å². The number of nitrogens with zero attached hydrogens (tertiary/aromatic N) is 1. The molecule has 0 bridgehead atoms. The number of carbonyl (C=O) groups is 2. The van der Waals surface area contributed by atoms with Crippen molar-refractivity contribution >= 4 is 30.2 Å². The van der Waals surface area contributed by atoms with Gasteiger partial charge in [0.15, 0.2) is 0 Å². The van der Waals surface area contributed by atoms with Gasteiger partial charge in [-0.05, 0) is 59.7 Å². The van der Waals surface area contributed by atoms with Crippen molar-refractivity contribution in [1.29, 1.82) is 0 Å². The quantitative estimate of drug-likeness (QED) is 0.455. The highest BCUT2D eigenvalue weighted by molar-refractivity contribution is 6.27. The molecule has 1 aliphatic carbocycles. The zero-order chi connectivity index (χ0) is 25.3. The van der Waals surface area contributed by atoms with Crippen LogP contribution in [-0.2, 0) is 9.59 Å². The van der Waals surface area contributed by atoms with Crippen molar-refractivity contribution in [2.45, 2.75) is 18.8 Å². The molecule has 184 valence electrons. The van der Waals surface area contributed by atoms with Gasteiger partial charge in [-0.15, -0.1) is 0 Å². The fraction of sp³-hybridized carbons (Fsp3) is 0.226. The van der Waals surface area contributed by atoms with Crippen LogP contribution in [0.2, 0.25) is 0 Å². The van der Waals surface area contributed by atoms with Crippen molar-refractivity contribution in [3.05, 3.63) is 113 Å². The monoisotopic (exact) mass is 481 g/mol. The number of hydrogen-bond acceptors (Lipinski definition) is 3. The fourth-order valence-corrected chi connectivity index (χ4v) is 5.12. The standard InChI is InChI=1S/C29H29N.C2H2O4/c1-2-9-23(10-3-1)11-8-20-30-21-18-26(19-22-30)29-27-14-6-4-12-24(27)16-17-25-13-5-7-15-28(25)29;3-1(4)2(5)6/h1-17,26,29H,18-22H2;(H,3,4)(H,5,6). The second-order valence-electron chi connectivity index (χ2n) is 9.13. The van der Waals surface area contributed by atoms with Crippen molar-refractivity contribution in [3.63, 3.8) is 0 Å². The number of carboxylic acid groups (broad SMARTS) is 2. The predicted molar refractivity (Wildman–Crippen MR) is 144 cm³/mol. The van der Waals surface area contributed by atoms with Gasteiger partial charge in [0.1, 0.15) is 0 Å². The highest BCUT2D eigenvalue weighted by Gasteiger charge is 2.31. The van der Waals surface area contributed by atoms with E-state index in [9.17, 15) is 0 Å². The van der Waals surface area contributed by atoms with E-state index in [-0.39, 0.29) is 0 Å². The SMILES string of the molecule is C(=Cc1ccccc1)CN1CCC(C2c3ccccc3C=Cc3ccccc32)CC1.O=C(O)C(=O)O. The first-order valence-corrected chi connectivity index (χ1v) is 12.3. The molecule has 0 saturated carbocycles. The summed E-state index contributed by atoms with van der Waals surface area (Å²) in [6.45, 7) is 3.40. The lowest BCUT2D eigenvalue weighted by atomic mass is 9.74. The Morgan fingerprint density at radius 3 is 1.78 bits per heavy atom. The van der Waals surface area contributed by atoms with Crippen molar-refractivity contribution < 1.29 is 19.8 Å². The number of fused-ring (bicyclic) bond motifs is 2. The molecular formula is C31H31NO4. The molecule has 1 fully saturated rings. The molecule has 3 aromatic rings. The van der Waals surface area contributed by atoms with E-state index in [2.05, 4.69) is 108 Å². The maximum Gasteiger partial charge on any atom is 0.414 e. The fourth-order valence-electron chi connectivity index (χ4n) is 5.12. The lowest BCUT2D eigenvalue weighted by Gasteiger charge is -2.37. The molecule has 0 aromatic heterocycles. The maximum atomic E-state index is 9.10. The molecule has 1 saturated heterocycles. The van der Waals surface area contributed by atoms with Gasteiger partial charge in [0.05, 0.1) is 0 Å². The van der Waals surface area contributed by atoms with Gasteiger partial charge < -0.3 is 10.2 Å². The molecular weight excluding hydrogens is 450 g/mol. The Bertz CT molecular complexity index is 1180. The van der Waals surface area contributed by atoms with Gasteiger partial charge in [0.2, 0.25) is 0 Å². The molecule has 3 aromatic carbocycles. The number of hydrogen-bond donors (Lipinski definition) is 2. The summed E-state index contributed by atoms with van der Waals surface area (Å²) >= 11 is 0. The maximum absolute atomic E-state index is 9.10. The smallest absolute Gasteiger partial charge is 0.414 e. The zero-order valence-corrected chi connectivity index (χ0v) is 20.2. The Kier molecular flexibility index (Phi) is 8.48. The van der Waals surface area contributed by atoms with Gasteiger partial charge in [-0.2, -0.15) is 0 Å². The largest absolute Gasteiger partial charge is 0.473 e. The molecule has 0 amide bonds. The van der Waals surface area contributed by atoms with E-state index in [1.807, 2.05) is 0 Å². The third kappa shape index (κ3) is 6.37. The summed E-state index contributed by atoms with van der Waals surface area (Å²) in [5.74, 6) is -2.46. The first kappa shape index (κ1) is 25.1. The topological polar surface area (TPSA) is 77.8 Å². The van der Waals surface area contributed by atoms with Crippen molar-refractivity contribution in [2.24, 2.45) is 5.92 Å². The van der Waals surface area contributed by atoms with Gasteiger partial charge in [0, 0.05) is 12.5 Å². The lowest BCUT2D eigenvalue weighted by molar-refractivity contribution is -0.159. The minimum atomic E-state index is -1.82. The van der Waals surface area contributed by atoms with Gasteiger partial charge in [0.25, 0.3) is 0 Å². The average molecular weight is 482 g/mol. The highest BCUT2D eigenvalue weighted by Crippen LogP contribution is 2.43. The summed E-state index contributed by atoms with van der Waals surface area (Å²) in [4.78, 5) is 20.8. The number of aliphatic carboxylic acids is 2. The van der Waals surface area contributed by atoms with Crippen LogP contribution >= 0.6 is 0 Å². The van der Waals surface area contributed by atoms with Crippen LogP contribution in [-0.4, -0.2) is 46.7 Å². The van der Waals surface area contributed by atoms with Crippen LogP contribution < -0.4 is 0 Å². The number of benzene rings is 3. The van der Waals surface area contributed by atoms with Crippen LogP contribution in [0, 0.1) is 5.92 Å². The third-order valence-corrected chi connectivity index (χ3v) is 6.86. The summed E-state index contributed by atoms with van der Waals surface area (Å²) in [6, 6.07) is 28.6. The Hall–Kier alpha value is -3.96. The molecule has 2 aliphatic rings. The summed E-state index contributed by atoms with van der Waals surface area (Å²) in [6.07, 6.45) is 11.7. The van der Waals surface area contributed by atoms with Crippen molar-refractivity contribution in [3.8, 4) is 0 Å². The van der Waals surface area contributed by atoms with Crippen LogP contribution in [0.1, 0.15) is 46.6 Å². The van der Waals surface area contributed by atoms with Crippen LogP contribution in [0.5, 0.6) is 0 Å². The van der Waals surface area contributed by atoms with E-state index in [0.717, 1.165) is 6.54 Å². The average Bonchev–Trinajstić information content (AvgIpc) is 3.07. The number of carboxylic acids is 2. The first-order valence-electron chi connectivity index (χ1n) is 12.3. The molecule has 1 aliphatic heterocycles. The summed E-state index contributed by atoms with van der Waals surface area (Å²) in [5, 5.41) is 14.8. The van der Waals surface area contributed by atoms with E-state index in [0.29, 0.717) is 11.8 Å². The number of rotatable bonds is 4. The summed E-state index contributed by atoms with van der Waals surface area (Å²) in [5.41, 5.74) is 7.05. The predicted octanol–water partition coefficient (Wildman–Crippen LogP) is 5.88. The van der Waals surface area contributed by atoms with E-state index < -0.39 is 11.9 Å². The second kappa shape index (κ2) is 12.1. The van der Waals surface area contributed by atoms with Gasteiger partial charge in [-0.3, -0.25) is 4.90 Å². The minimum absolute atomic E-state index is 0.495. The lowest BCUT2D eigenvalue weighted by Crippen LogP contribution is -2.36. The van der Waals surface area contributed by atoms with Crippen LogP contribution in [0.25, 0.3) is 18.2 Å². The first-order chi connectivity index (χ1) is 17.5. The number of piperidine rings is 1. The Morgan fingerprint density at radius 1 is 0.750 bits per heavy atom. The second-order valence-corrected chi connectivity index (χ2v) is 9.13. The molecule has 0 radical (unpaired) electrons. The Labute approximate surface area is 212 Å². The highest BCUT2D eigenvalue weighted by atomic mass is 16.4. The van der Waals surface area contributed by atoms with Crippen LogP contribution in [0.15, 0.2) is 84.9 Å². The number of likely N-dealkylation sites (tertiary alicyclic amines) is 1. The molecule has 5 nitrogen and oxygen atoms in total. The Balaban J connectivity index is 0.000000455. The van der Waals surface area contributed by atoms with E-state index in [1.165, 1.54) is 53.7 Å². The Morgan fingerprint density at radius 2 is 1.25 bits per heavy atom. The van der Waals surface area contributed by atoms with E-state index >= 15 is 0 Å². The van der Waals surface area contributed by atoms with Crippen LogP contribution in [0.3, 0.4) is 0 Å². The van der Waals surface area contributed by atoms with Gasteiger partial charge in [-0.25, -0.2) is 9.59 Å². The third-order valence-electron chi connectivity index (χ3n) is 6.86. The molecule has 36 heavy (non-hydrogen) atoms. The normalized spacial score (nSPS) is 15.9. The minimum Gasteiger partial charge on any atom is -0.473 e. The van der Waals surface area contributed by atoms with Crippen LogP contribution in [0.4, 0.5) is 0 Å². The molecule has 5 heteroatoms. The van der Waals surface area contributed by atoms with E-state index in [1.54, 1.807) is 0 Å². The molecule has 0 unspecified atom stereocenters. The summed E-state index contributed by atoms with van der Waals surface area (Å²) < 4.78 is 0. The molecule has 0 atom stereocenters. The zero-order valence-electron chi connectivity index (χ0n) is 20.2. The molecule has 2 N–H and O–H groups in total. The molecule has 1 heterocycles. The molecule has 0 spiro atoms. The molecule has 5 rings (SSSR count).